The summed E-state index contributed by atoms with van der Waals surface area (Å²) in [6, 6.07) is 8.02. The van der Waals surface area contributed by atoms with E-state index in [4.69, 9.17) is 9.47 Å². The molecule has 0 aliphatic carbocycles. The number of aryl methyl sites for hydroxylation is 1. The number of carbonyl (C=O) groups is 1. The van der Waals surface area contributed by atoms with E-state index in [2.05, 4.69) is 18.3 Å². The van der Waals surface area contributed by atoms with Crippen molar-refractivity contribution in [1.82, 2.24) is 10.2 Å². The summed E-state index contributed by atoms with van der Waals surface area (Å²) in [5, 5.41) is 2.87. The highest BCUT2D eigenvalue weighted by atomic mass is 16.5. The predicted molar refractivity (Wildman–Crippen MR) is 85.8 cm³/mol. The molecule has 1 N–H and O–H groups in total. The fraction of sp³-hybridized carbons (Fsp3) is 0.588. The summed E-state index contributed by atoms with van der Waals surface area (Å²) in [5.74, 6) is 0. The minimum Gasteiger partial charge on any atom is -0.377 e. The molecular formula is C17H26N2O3. The van der Waals surface area contributed by atoms with Crippen molar-refractivity contribution >= 4 is 6.03 Å². The molecule has 5 heteroatoms. The zero-order chi connectivity index (χ0) is 15.8. The van der Waals surface area contributed by atoms with E-state index in [1.807, 2.05) is 18.2 Å². The molecule has 0 spiro atoms. The van der Waals surface area contributed by atoms with Crippen LogP contribution in [-0.4, -0.2) is 50.4 Å². The number of ether oxygens (including phenoxy) is 2. The van der Waals surface area contributed by atoms with Crippen LogP contribution in [0.1, 0.15) is 24.0 Å². The second-order valence-corrected chi connectivity index (χ2v) is 5.72. The summed E-state index contributed by atoms with van der Waals surface area (Å²) in [7, 11) is 1.80. The maximum atomic E-state index is 12.0. The van der Waals surface area contributed by atoms with Crippen LogP contribution in [0.2, 0.25) is 0 Å². The number of hydrogen-bond donors (Lipinski definition) is 1. The number of amides is 2. The lowest BCUT2D eigenvalue weighted by Crippen LogP contribution is -2.38. The summed E-state index contributed by atoms with van der Waals surface area (Å²) in [5.41, 5.74) is 2.36. The number of nitrogens with zero attached hydrogens (tertiary/aromatic N) is 1. The molecule has 5 nitrogen and oxygen atoms in total. The Kier molecular flexibility index (Phi) is 6.68. The van der Waals surface area contributed by atoms with Crippen LogP contribution in [0, 0.1) is 6.92 Å². The summed E-state index contributed by atoms with van der Waals surface area (Å²) in [6.07, 6.45) is 2.43. The molecule has 1 heterocycles. The van der Waals surface area contributed by atoms with Gasteiger partial charge in [0.15, 0.2) is 0 Å². The summed E-state index contributed by atoms with van der Waals surface area (Å²) in [4.78, 5) is 13.7. The molecular weight excluding hydrogens is 280 g/mol. The average Bonchev–Trinajstić information content (AvgIpc) is 3.02. The highest BCUT2D eigenvalue weighted by molar-refractivity contribution is 5.73. The first kappa shape index (κ1) is 16.8. The van der Waals surface area contributed by atoms with Gasteiger partial charge >= 0.3 is 6.03 Å². The molecule has 1 aliphatic heterocycles. The van der Waals surface area contributed by atoms with Gasteiger partial charge in [0.2, 0.25) is 0 Å². The van der Waals surface area contributed by atoms with Gasteiger partial charge in [0.1, 0.15) is 0 Å². The van der Waals surface area contributed by atoms with Gasteiger partial charge in [-0.1, -0.05) is 24.3 Å². The number of rotatable bonds is 7. The van der Waals surface area contributed by atoms with Crippen LogP contribution < -0.4 is 5.32 Å². The van der Waals surface area contributed by atoms with Crippen LogP contribution in [0.15, 0.2) is 24.3 Å². The number of urea groups is 1. The molecule has 0 bridgehead atoms. The molecule has 22 heavy (non-hydrogen) atoms. The SMILES string of the molecule is Cc1ccccc1CN(C)C(=O)NCCOC[C@@H]1CCCO1. The molecule has 1 aromatic carbocycles. The van der Waals surface area contributed by atoms with Gasteiger partial charge in [-0.05, 0) is 30.9 Å². The maximum Gasteiger partial charge on any atom is 0.317 e. The minimum atomic E-state index is -0.0797. The Morgan fingerprint density at radius 2 is 2.27 bits per heavy atom. The van der Waals surface area contributed by atoms with Crippen molar-refractivity contribution in [3.05, 3.63) is 35.4 Å². The Hall–Kier alpha value is -1.59. The number of nitrogens with one attached hydrogen (secondary N) is 1. The predicted octanol–water partition coefficient (Wildman–Crippen LogP) is 2.33. The van der Waals surface area contributed by atoms with Crippen LogP contribution in [-0.2, 0) is 16.0 Å². The zero-order valence-electron chi connectivity index (χ0n) is 13.5. The van der Waals surface area contributed by atoms with Crippen molar-refractivity contribution < 1.29 is 14.3 Å². The second-order valence-electron chi connectivity index (χ2n) is 5.72. The molecule has 2 rings (SSSR count). The second kappa shape index (κ2) is 8.76. The van der Waals surface area contributed by atoms with Gasteiger partial charge in [-0.3, -0.25) is 0 Å². The molecule has 0 unspecified atom stereocenters. The minimum absolute atomic E-state index is 0.0797. The standard InChI is InChI=1S/C17H26N2O3/c1-14-6-3-4-7-15(14)12-19(2)17(20)18-9-11-21-13-16-8-5-10-22-16/h3-4,6-7,16H,5,8-13H2,1-2H3,(H,18,20)/t16-/m0/s1. The molecule has 122 valence electrons. The molecule has 1 aliphatic rings. The lowest BCUT2D eigenvalue weighted by Gasteiger charge is -2.19. The van der Waals surface area contributed by atoms with E-state index in [0.29, 0.717) is 26.3 Å². The molecule has 1 atom stereocenters. The number of carbonyl (C=O) groups excluding carboxylic acids is 1. The largest absolute Gasteiger partial charge is 0.377 e. The van der Waals surface area contributed by atoms with Crippen LogP contribution in [0.3, 0.4) is 0 Å². The van der Waals surface area contributed by atoms with E-state index < -0.39 is 0 Å². The van der Waals surface area contributed by atoms with Gasteiger partial charge in [0.05, 0.1) is 19.3 Å². The highest BCUT2D eigenvalue weighted by Crippen LogP contribution is 2.11. The summed E-state index contributed by atoms with van der Waals surface area (Å²) in [6.45, 7) is 5.16. The van der Waals surface area contributed by atoms with E-state index in [1.54, 1.807) is 11.9 Å². The van der Waals surface area contributed by atoms with Gasteiger partial charge < -0.3 is 19.7 Å². The number of benzene rings is 1. The zero-order valence-corrected chi connectivity index (χ0v) is 13.5. The fourth-order valence-corrected chi connectivity index (χ4v) is 2.47. The van der Waals surface area contributed by atoms with Crippen molar-refractivity contribution in [2.45, 2.75) is 32.4 Å². The molecule has 0 aromatic heterocycles. The van der Waals surface area contributed by atoms with Crippen molar-refractivity contribution in [1.29, 1.82) is 0 Å². The van der Waals surface area contributed by atoms with Gasteiger partial charge in [0, 0.05) is 26.7 Å². The van der Waals surface area contributed by atoms with Gasteiger partial charge in [-0.15, -0.1) is 0 Å². The van der Waals surface area contributed by atoms with E-state index in [1.165, 1.54) is 5.56 Å². The number of hydrogen-bond acceptors (Lipinski definition) is 3. The van der Waals surface area contributed by atoms with Crippen LogP contribution in [0.4, 0.5) is 4.79 Å². The molecule has 2 amide bonds. The third-order valence-corrected chi connectivity index (χ3v) is 3.87. The quantitative estimate of drug-likeness (QED) is 0.787. The van der Waals surface area contributed by atoms with Crippen LogP contribution in [0.25, 0.3) is 0 Å². The fourth-order valence-electron chi connectivity index (χ4n) is 2.47. The lowest BCUT2D eigenvalue weighted by molar-refractivity contribution is 0.0186. The molecule has 0 saturated carbocycles. The maximum absolute atomic E-state index is 12.0. The normalized spacial score (nSPS) is 17.5. The highest BCUT2D eigenvalue weighted by Gasteiger charge is 2.15. The van der Waals surface area contributed by atoms with Crippen molar-refractivity contribution in [2.24, 2.45) is 0 Å². The van der Waals surface area contributed by atoms with E-state index >= 15 is 0 Å². The average molecular weight is 306 g/mol. The Morgan fingerprint density at radius 3 is 3.00 bits per heavy atom. The molecule has 0 radical (unpaired) electrons. The van der Waals surface area contributed by atoms with Crippen molar-refractivity contribution in [2.75, 3.05) is 33.4 Å². The topological polar surface area (TPSA) is 50.8 Å². The Balaban J connectivity index is 1.61. The van der Waals surface area contributed by atoms with E-state index in [-0.39, 0.29) is 12.1 Å². The van der Waals surface area contributed by atoms with Crippen molar-refractivity contribution in [3.63, 3.8) is 0 Å². The van der Waals surface area contributed by atoms with E-state index in [9.17, 15) is 4.79 Å². The molecule has 1 fully saturated rings. The first-order valence-corrected chi connectivity index (χ1v) is 7.89. The van der Waals surface area contributed by atoms with Gasteiger partial charge in [-0.25, -0.2) is 4.79 Å². The third-order valence-electron chi connectivity index (χ3n) is 3.87. The Morgan fingerprint density at radius 1 is 1.45 bits per heavy atom. The molecule has 1 saturated heterocycles. The monoisotopic (exact) mass is 306 g/mol. The Labute approximate surface area is 132 Å². The van der Waals surface area contributed by atoms with Crippen LogP contribution in [0.5, 0.6) is 0 Å². The smallest absolute Gasteiger partial charge is 0.317 e. The Bertz CT molecular complexity index is 473. The summed E-state index contributed by atoms with van der Waals surface area (Å²) < 4.78 is 11.0. The van der Waals surface area contributed by atoms with Gasteiger partial charge in [0.25, 0.3) is 0 Å². The van der Waals surface area contributed by atoms with Gasteiger partial charge in [-0.2, -0.15) is 0 Å². The van der Waals surface area contributed by atoms with Crippen LogP contribution >= 0.6 is 0 Å². The van der Waals surface area contributed by atoms with Crippen molar-refractivity contribution in [3.8, 4) is 0 Å². The first-order valence-electron chi connectivity index (χ1n) is 7.89. The third kappa shape index (κ3) is 5.31. The van der Waals surface area contributed by atoms with E-state index in [0.717, 1.165) is 25.0 Å². The summed E-state index contributed by atoms with van der Waals surface area (Å²) >= 11 is 0. The lowest BCUT2D eigenvalue weighted by atomic mass is 10.1. The first-order chi connectivity index (χ1) is 10.7. The molecule has 1 aromatic rings.